The van der Waals surface area contributed by atoms with Crippen molar-refractivity contribution in [1.82, 2.24) is 15.1 Å². The predicted octanol–water partition coefficient (Wildman–Crippen LogP) is 2.20. The SMILES string of the molecule is CCCNC(C)(CCCCn1cc(C)cn1)C(=O)O. The Morgan fingerprint density at radius 3 is 2.79 bits per heavy atom. The number of aliphatic carboxylic acids is 1. The third kappa shape index (κ3) is 5.03. The lowest BCUT2D eigenvalue weighted by Gasteiger charge is -2.26. The second kappa shape index (κ2) is 7.28. The first-order valence-corrected chi connectivity index (χ1v) is 6.95. The first-order chi connectivity index (χ1) is 8.98. The van der Waals surface area contributed by atoms with Crippen molar-refractivity contribution in [3.8, 4) is 0 Å². The summed E-state index contributed by atoms with van der Waals surface area (Å²) in [6.45, 7) is 7.40. The van der Waals surface area contributed by atoms with E-state index in [1.807, 2.05) is 30.9 Å². The van der Waals surface area contributed by atoms with Crippen molar-refractivity contribution < 1.29 is 9.90 Å². The lowest BCUT2D eigenvalue weighted by molar-refractivity contribution is -0.144. The summed E-state index contributed by atoms with van der Waals surface area (Å²) in [6, 6.07) is 0. The molecule has 5 nitrogen and oxygen atoms in total. The van der Waals surface area contributed by atoms with E-state index < -0.39 is 11.5 Å². The van der Waals surface area contributed by atoms with Gasteiger partial charge in [0.05, 0.1) is 6.20 Å². The number of nitrogens with one attached hydrogen (secondary N) is 1. The van der Waals surface area contributed by atoms with E-state index in [2.05, 4.69) is 10.4 Å². The molecule has 19 heavy (non-hydrogen) atoms. The molecule has 0 spiro atoms. The van der Waals surface area contributed by atoms with Gasteiger partial charge < -0.3 is 10.4 Å². The van der Waals surface area contributed by atoms with E-state index in [9.17, 15) is 9.90 Å². The maximum atomic E-state index is 11.3. The summed E-state index contributed by atoms with van der Waals surface area (Å²) in [7, 11) is 0. The van der Waals surface area contributed by atoms with Gasteiger partial charge in [-0.3, -0.25) is 9.48 Å². The number of carboxylic acids is 1. The van der Waals surface area contributed by atoms with Crippen LogP contribution in [0.5, 0.6) is 0 Å². The minimum absolute atomic E-state index is 0.641. The minimum atomic E-state index is -0.809. The second-order valence-electron chi connectivity index (χ2n) is 5.30. The van der Waals surface area contributed by atoms with Crippen molar-refractivity contribution in [3.05, 3.63) is 18.0 Å². The molecule has 1 rings (SSSR count). The fraction of sp³-hybridized carbons (Fsp3) is 0.714. The molecule has 2 N–H and O–H groups in total. The lowest BCUT2D eigenvalue weighted by atomic mass is 9.94. The fourth-order valence-corrected chi connectivity index (χ4v) is 2.01. The zero-order valence-electron chi connectivity index (χ0n) is 12.1. The van der Waals surface area contributed by atoms with Crippen LogP contribution in [-0.4, -0.2) is 32.9 Å². The maximum Gasteiger partial charge on any atom is 0.323 e. The number of unbranched alkanes of at least 4 members (excludes halogenated alkanes) is 1. The van der Waals surface area contributed by atoms with Crippen molar-refractivity contribution in [1.29, 1.82) is 0 Å². The Kier molecular flexibility index (Phi) is 6.02. The highest BCUT2D eigenvalue weighted by atomic mass is 16.4. The highest BCUT2D eigenvalue weighted by molar-refractivity contribution is 5.78. The molecular formula is C14H25N3O2. The van der Waals surface area contributed by atoms with Gasteiger partial charge in [-0.2, -0.15) is 5.10 Å². The van der Waals surface area contributed by atoms with Crippen molar-refractivity contribution in [2.75, 3.05) is 6.54 Å². The molecule has 5 heteroatoms. The summed E-state index contributed by atoms with van der Waals surface area (Å²) < 4.78 is 1.91. The molecule has 1 unspecified atom stereocenters. The Hall–Kier alpha value is -1.36. The number of carboxylic acid groups (broad SMARTS) is 1. The van der Waals surface area contributed by atoms with Gasteiger partial charge in [0.15, 0.2) is 0 Å². The van der Waals surface area contributed by atoms with Crippen LogP contribution >= 0.6 is 0 Å². The molecular weight excluding hydrogens is 242 g/mol. The molecule has 108 valence electrons. The van der Waals surface area contributed by atoms with E-state index in [1.54, 1.807) is 6.92 Å². The number of carbonyl (C=O) groups is 1. The van der Waals surface area contributed by atoms with Crippen LogP contribution in [-0.2, 0) is 11.3 Å². The molecule has 0 aliphatic carbocycles. The maximum absolute atomic E-state index is 11.3. The minimum Gasteiger partial charge on any atom is -0.480 e. The monoisotopic (exact) mass is 267 g/mol. The standard InChI is InChI=1S/C14H25N3O2/c1-4-8-15-14(3,13(18)19)7-5-6-9-17-11-12(2)10-16-17/h10-11,15H,4-9H2,1-3H3,(H,18,19). The van der Waals surface area contributed by atoms with Crippen LogP contribution in [0.4, 0.5) is 0 Å². The molecule has 0 amide bonds. The molecule has 1 atom stereocenters. The van der Waals surface area contributed by atoms with Gasteiger partial charge in [-0.15, -0.1) is 0 Å². The van der Waals surface area contributed by atoms with Crippen LogP contribution in [0.1, 0.15) is 45.1 Å². The Morgan fingerprint density at radius 1 is 1.53 bits per heavy atom. The van der Waals surface area contributed by atoms with Crippen molar-refractivity contribution in [2.24, 2.45) is 0 Å². The van der Waals surface area contributed by atoms with Gasteiger partial charge >= 0.3 is 5.97 Å². The van der Waals surface area contributed by atoms with E-state index in [0.29, 0.717) is 6.42 Å². The molecule has 0 aromatic carbocycles. The van der Waals surface area contributed by atoms with Gasteiger partial charge in [-0.1, -0.05) is 6.92 Å². The highest BCUT2D eigenvalue weighted by Crippen LogP contribution is 2.15. The lowest BCUT2D eigenvalue weighted by Crippen LogP contribution is -2.49. The number of rotatable bonds is 9. The highest BCUT2D eigenvalue weighted by Gasteiger charge is 2.31. The molecule has 0 aliphatic rings. The molecule has 0 fully saturated rings. The Labute approximate surface area is 115 Å². The van der Waals surface area contributed by atoms with Crippen molar-refractivity contribution in [2.45, 2.75) is 58.5 Å². The van der Waals surface area contributed by atoms with E-state index in [0.717, 1.165) is 37.9 Å². The summed E-state index contributed by atoms with van der Waals surface area (Å²) in [5.74, 6) is -0.768. The molecule has 0 saturated carbocycles. The number of hydrogen-bond donors (Lipinski definition) is 2. The molecule has 1 heterocycles. The third-order valence-corrected chi connectivity index (χ3v) is 3.31. The zero-order chi connectivity index (χ0) is 14.3. The summed E-state index contributed by atoms with van der Waals surface area (Å²) in [5, 5.41) is 16.6. The van der Waals surface area contributed by atoms with Crippen LogP contribution in [0.25, 0.3) is 0 Å². The van der Waals surface area contributed by atoms with Crippen LogP contribution in [0.15, 0.2) is 12.4 Å². The largest absolute Gasteiger partial charge is 0.480 e. The van der Waals surface area contributed by atoms with Crippen molar-refractivity contribution in [3.63, 3.8) is 0 Å². The average Bonchev–Trinajstić information content (AvgIpc) is 2.78. The molecule has 0 bridgehead atoms. The van der Waals surface area contributed by atoms with Gasteiger partial charge in [0.2, 0.25) is 0 Å². The average molecular weight is 267 g/mol. The normalized spacial score (nSPS) is 14.3. The molecule has 0 radical (unpaired) electrons. The smallest absolute Gasteiger partial charge is 0.323 e. The quantitative estimate of drug-likeness (QED) is 0.673. The molecule has 0 aliphatic heterocycles. The summed E-state index contributed by atoms with van der Waals surface area (Å²) >= 11 is 0. The number of aromatic nitrogens is 2. The van der Waals surface area contributed by atoms with Crippen LogP contribution < -0.4 is 5.32 Å². The zero-order valence-corrected chi connectivity index (χ0v) is 12.1. The molecule has 1 aromatic heterocycles. The fourth-order valence-electron chi connectivity index (χ4n) is 2.01. The van der Waals surface area contributed by atoms with Gasteiger partial charge in [-0.25, -0.2) is 0 Å². The van der Waals surface area contributed by atoms with E-state index in [1.165, 1.54) is 0 Å². The van der Waals surface area contributed by atoms with Gasteiger partial charge in [0.1, 0.15) is 5.54 Å². The summed E-state index contributed by atoms with van der Waals surface area (Å²) in [4.78, 5) is 11.3. The number of hydrogen-bond acceptors (Lipinski definition) is 3. The van der Waals surface area contributed by atoms with E-state index in [-0.39, 0.29) is 0 Å². The predicted molar refractivity (Wildman–Crippen MR) is 75.1 cm³/mol. The van der Waals surface area contributed by atoms with Gasteiger partial charge in [0.25, 0.3) is 0 Å². The van der Waals surface area contributed by atoms with Gasteiger partial charge in [0, 0.05) is 12.7 Å². The second-order valence-corrected chi connectivity index (χ2v) is 5.30. The molecule has 1 aromatic rings. The first-order valence-electron chi connectivity index (χ1n) is 6.95. The number of aryl methyl sites for hydroxylation is 2. The van der Waals surface area contributed by atoms with E-state index in [4.69, 9.17) is 0 Å². The van der Waals surface area contributed by atoms with E-state index >= 15 is 0 Å². The first kappa shape index (κ1) is 15.7. The molecule has 0 saturated heterocycles. The summed E-state index contributed by atoms with van der Waals surface area (Å²) in [6.07, 6.45) is 7.24. The van der Waals surface area contributed by atoms with Crippen LogP contribution in [0, 0.1) is 6.92 Å². The van der Waals surface area contributed by atoms with Crippen molar-refractivity contribution >= 4 is 5.97 Å². The van der Waals surface area contributed by atoms with Crippen LogP contribution in [0.3, 0.4) is 0 Å². The van der Waals surface area contributed by atoms with Crippen LogP contribution in [0.2, 0.25) is 0 Å². The Balaban J connectivity index is 2.34. The Morgan fingerprint density at radius 2 is 2.26 bits per heavy atom. The topological polar surface area (TPSA) is 67.2 Å². The number of nitrogens with zero attached hydrogens (tertiary/aromatic N) is 2. The summed E-state index contributed by atoms with van der Waals surface area (Å²) in [5.41, 5.74) is 0.343. The third-order valence-electron chi connectivity index (χ3n) is 3.31. The van der Waals surface area contributed by atoms with Gasteiger partial charge in [-0.05, 0) is 51.6 Å². The Bertz CT molecular complexity index is 403.